The van der Waals surface area contributed by atoms with E-state index in [1.54, 1.807) is 0 Å². The highest BCUT2D eigenvalue weighted by Gasteiger charge is 2.38. The van der Waals surface area contributed by atoms with Crippen molar-refractivity contribution in [1.29, 1.82) is 0 Å². The summed E-state index contributed by atoms with van der Waals surface area (Å²) in [6.07, 6.45) is 0. The highest BCUT2D eigenvalue weighted by atomic mass is 14.9. The summed E-state index contributed by atoms with van der Waals surface area (Å²) in [5, 5.41) is 5.11. The molecule has 2 heteroatoms. The molecule has 11 rings (SSSR count). The van der Waals surface area contributed by atoms with E-state index in [-0.39, 0.29) is 10.8 Å². The molecule has 0 fully saturated rings. The third-order valence-corrected chi connectivity index (χ3v) is 12.6. The summed E-state index contributed by atoms with van der Waals surface area (Å²) in [5.41, 5.74) is 17.9. The number of benzene rings is 8. The van der Waals surface area contributed by atoms with Gasteiger partial charge in [-0.3, -0.25) is 0 Å². The van der Waals surface area contributed by atoms with E-state index >= 15 is 0 Å². The lowest BCUT2D eigenvalue weighted by Gasteiger charge is -2.22. The fourth-order valence-corrected chi connectivity index (χ4v) is 9.60. The maximum atomic E-state index is 5.25. The van der Waals surface area contributed by atoms with Gasteiger partial charge in [0.15, 0.2) is 5.82 Å². The van der Waals surface area contributed by atoms with Crippen LogP contribution in [0.15, 0.2) is 170 Å². The molecule has 0 radical (unpaired) electrons. The molecule has 2 nitrogen and oxygen atoms in total. The first-order valence-corrected chi connectivity index (χ1v) is 19.6. The molecule has 1 heterocycles. The minimum absolute atomic E-state index is 0.103. The van der Waals surface area contributed by atoms with Crippen molar-refractivity contribution >= 4 is 21.5 Å². The molecule has 0 saturated carbocycles. The van der Waals surface area contributed by atoms with Crippen LogP contribution in [0.2, 0.25) is 0 Å². The SMILES string of the molecule is CC1(C)c2cc(-c3cc(-c4cccc(-c5cccc6c5-c5cc7ccccc7cc5C6(C)C)c4)nc(-c4ccccc4)n3)ccc2-c2cc3ccccc3cc21. The maximum absolute atomic E-state index is 5.25. The second-order valence-corrected chi connectivity index (χ2v) is 16.6. The zero-order valence-electron chi connectivity index (χ0n) is 32.1. The van der Waals surface area contributed by atoms with Gasteiger partial charge in [0.25, 0.3) is 0 Å². The molecule has 0 spiro atoms. The molecular weight excluding hydrogens is 677 g/mol. The molecule has 56 heavy (non-hydrogen) atoms. The molecule has 2 aliphatic rings. The monoisotopic (exact) mass is 716 g/mol. The average molecular weight is 717 g/mol. The summed E-state index contributed by atoms with van der Waals surface area (Å²) in [4.78, 5) is 10.5. The first kappa shape index (κ1) is 32.8. The van der Waals surface area contributed by atoms with Crippen LogP contribution in [0.1, 0.15) is 49.9 Å². The zero-order chi connectivity index (χ0) is 37.8. The Hall–Kier alpha value is -6.64. The topological polar surface area (TPSA) is 25.8 Å². The van der Waals surface area contributed by atoms with Gasteiger partial charge in [-0.15, -0.1) is 0 Å². The lowest BCUT2D eigenvalue weighted by molar-refractivity contribution is 0.661. The smallest absolute Gasteiger partial charge is 0.160 e. The van der Waals surface area contributed by atoms with E-state index in [1.165, 1.54) is 77.2 Å². The Morgan fingerprint density at radius 2 is 0.839 bits per heavy atom. The summed E-state index contributed by atoms with van der Waals surface area (Å²) in [6, 6.07) is 62.1. The Bertz CT molecular complexity index is 3080. The zero-order valence-corrected chi connectivity index (χ0v) is 32.1. The number of hydrogen-bond donors (Lipinski definition) is 0. The third kappa shape index (κ3) is 4.88. The summed E-state index contributed by atoms with van der Waals surface area (Å²) >= 11 is 0. The van der Waals surface area contributed by atoms with Crippen LogP contribution in [0.3, 0.4) is 0 Å². The summed E-state index contributed by atoms with van der Waals surface area (Å²) in [7, 11) is 0. The average Bonchev–Trinajstić information content (AvgIpc) is 3.60. The standard InChI is InChI=1S/C54H40N2/c1-53(2)45-23-13-22-41(51(45)44-28-35-17-9-11-19-37(35)30-48(44)53)38-20-12-21-39(26-38)49-32-50(56-52(55-49)33-14-6-5-7-15-33)40-24-25-42-43-27-34-16-8-10-18-36(34)29-47(43)54(3,4)46(42)31-40/h5-32H,1-4H3. The van der Waals surface area contributed by atoms with Gasteiger partial charge in [-0.05, 0) is 120 Å². The second-order valence-electron chi connectivity index (χ2n) is 16.6. The first-order chi connectivity index (χ1) is 27.2. The van der Waals surface area contributed by atoms with Crippen LogP contribution >= 0.6 is 0 Å². The van der Waals surface area contributed by atoms with Crippen LogP contribution in [-0.2, 0) is 10.8 Å². The molecule has 0 amide bonds. The van der Waals surface area contributed by atoms with E-state index in [0.717, 1.165) is 33.9 Å². The van der Waals surface area contributed by atoms with E-state index < -0.39 is 0 Å². The minimum Gasteiger partial charge on any atom is -0.228 e. The van der Waals surface area contributed by atoms with Gasteiger partial charge in [0.05, 0.1) is 11.4 Å². The van der Waals surface area contributed by atoms with E-state index in [1.807, 2.05) is 6.07 Å². The number of fused-ring (bicyclic) bond motifs is 8. The van der Waals surface area contributed by atoms with Gasteiger partial charge in [0.1, 0.15) is 0 Å². The Kier molecular flexibility index (Phi) is 6.98. The molecule has 0 saturated heterocycles. The van der Waals surface area contributed by atoms with Gasteiger partial charge in [-0.25, -0.2) is 9.97 Å². The van der Waals surface area contributed by atoms with Gasteiger partial charge in [0, 0.05) is 27.5 Å². The molecule has 0 bridgehead atoms. The Balaban J connectivity index is 1.05. The molecule has 0 unspecified atom stereocenters. The first-order valence-electron chi connectivity index (χ1n) is 19.6. The molecule has 9 aromatic rings. The molecule has 0 N–H and O–H groups in total. The lowest BCUT2D eigenvalue weighted by Crippen LogP contribution is -2.15. The number of rotatable bonds is 4. The lowest BCUT2D eigenvalue weighted by atomic mass is 9.81. The normalized spacial score (nSPS) is 14.4. The molecule has 1 aromatic heterocycles. The van der Waals surface area contributed by atoms with E-state index in [2.05, 4.69) is 191 Å². The van der Waals surface area contributed by atoms with Crippen molar-refractivity contribution in [2.75, 3.05) is 0 Å². The summed E-state index contributed by atoms with van der Waals surface area (Å²) in [5.74, 6) is 0.723. The molecular formula is C54H40N2. The predicted molar refractivity (Wildman–Crippen MR) is 234 cm³/mol. The van der Waals surface area contributed by atoms with Crippen molar-refractivity contribution in [3.05, 3.63) is 192 Å². The molecule has 8 aromatic carbocycles. The number of hydrogen-bond acceptors (Lipinski definition) is 2. The molecule has 266 valence electrons. The van der Waals surface area contributed by atoms with E-state index in [4.69, 9.17) is 9.97 Å². The van der Waals surface area contributed by atoms with Crippen molar-refractivity contribution < 1.29 is 0 Å². The largest absolute Gasteiger partial charge is 0.228 e. The van der Waals surface area contributed by atoms with Crippen LogP contribution in [0.5, 0.6) is 0 Å². The Labute approximate surface area is 328 Å². The van der Waals surface area contributed by atoms with Crippen molar-refractivity contribution in [1.82, 2.24) is 9.97 Å². The fraction of sp³-hybridized carbons (Fsp3) is 0.111. The summed E-state index contributed by atoms with van der Waals surface area (Å²) < 4.78 is 0. The van der Waals surface area contributed by atoms with Crippen LogP contribution < -0.4 is 0 Å². The van der Waals surface area contributed by atoms with Gasteiger partial charge < -0.3 is 0 Å². The molecule has 0 aliphatic heterocycles. The number of nitrogens with zero attached hydrogens (tertiary/aromatic N) is 2. The van der Waals surface area contributed by atoms with Crippen LogP contribution in [0.25, 0.3) is 88.8 Å². The Morgan fingerprint density at radius 1 is 0.321 bits per heavy atom. The van der Waals surface area contributed by atoms with Crippen molar-refractivity contribution in [3.63, 3.8) is 0 Å². The second kappa shape index (κ2) is 11.9. The Morgan fingerprint density at radius 3 is 1.54 bits per heavy atom. The maximum Gasteiger partial charge on any atom is 0.160 e. The fourth-order valence-electron chi connectivity index (χ4n) is 9.60. The van der Waals surface area contributed by atoms with E-state index in [9.17, 15) is 0 Å². The quantitative estimate of drug-likeness (QED) is 0.181. The highest BCUT2D eigenvalue weighted by molar-refractivity contribution is 5.99. The number of aromatic nitrogens is 2. The summed E-state index contributed by atoms with van der Waals surface area (Å²) in [6.45, 7) is 9.43. The van der Waals surface area contributed by atoms with Crippen LogP contribution in [-0.4, -0.2) is 9.97 Å². The van der Waals surface area contributed by atoms with Crippen LogP contribution in [0, 0.1) is 0 Å². The van der Waals surface area contributed by atoms with Crippen molar-refractivity contribution in [2.45, 2.75) is 38.5 Å². The van der Waals surface area contributed by atoms with Gasteiger partial charge >= 0.3 is 0 Å². The molecule has 0 atom stereocenters. The van der Waals surface area contributed by atoms with Gasteiger partial charge in [-0.1, -0.05) is 155 Å². The van der Waals surface area contributed by atoms with Gasteiger partial charge in [-0.2, -0.15) is 0 Å². The predicted octanol–water partition coefficient (Wildman–Crippen LogP) is 14.1. The van der Waals surface area contributed by atoms with Gasteiger partial charge in [0.2, 0.25) is 0 Å². The van der Waals surface area contributed by atoms with E-state index in [0.29, 0.717) is 0 Å². The molecule has 2 aliphatic carbocycles. The third-order valence-electron chi connectivity index (χ3n) is 12.6. The van der Waals surface area contributed by atoms with Crippen molar-refractivity contribution in [3.8, 4) is 67.3 Å². The van der Waals surface area contributed by atoms with Crippen molar-refractivity contribution in [2.24, 2.45) is 0 Å². The highest BCUT2D eigenvalue weighted by Crippen LogP contribution is 2.54. The van der Waals surface area contributed by atoms with Crippen LogP contribution in [0.4, 0.5) is 0 Å². The minimum atomic E-state index is -0.146.